The van der Waals surface area contributed by atoms with Crippen molar-refractivity contribution in [1.82, 2.24) is 10.6 Å². The van der Waals surface area contributed by atoms with Crippen molar-refractivity contribution in [3.05, 3.63) is 0 Å². The van der Waals surface area contributed by atoms with Crippen molar-refractivity contribution >= 4 is 12.0 Å². The number of carbonyl (C=O) groups excluding carboxylic acids is 2. The molecule has 0 bridgehead atoms. The van der Waals surface area contributed by atoms with E-state index in [2.05, 4.69) is 10.6 Å². The van der Waals surface area contributed by atoms with Gasteiger partial charge in [0, 0.05) is 25.0 Å². The lowest BCUT2D eigenvalue weighted by atomic mass is 9.84. The molecule has 1 aliphatic rings. The maximum absolute atomic E-state index is 11.8. The summed E-state index contributed by atoms with van der Waals surface area (Å²) >= 11 is 0. The summed E-state index contributed by atoms with van der Waals surface area (Å²) in [7, 11) is 0. The highest BCUT2D eigenvalue weighted by molar-refractivity contribution is 5.74. The molecular formula is C16H31N3O3. The Morgan fingerprint density at radius 3 is 2.50 bits per heavy atom. The fourth-order valence-corrected chi connectivity index (χ4v) is 2.93. The second kappa shape index (κ2) is 8.36. The van der Waals surface area contributed by atoms with Gasteiger partial charge >= 0.3 is 6.09 Å². The number of ether oxygens (including phenoxy) is 1. The van der Waals surface area contributed by atoms with E-state index in [1.807, 2.05) is 27.7 Å². The summed E-state index contributed by atoms with van der Waals surface area (Å²) in [5.74, 6) is 0.0656. The molecule has 0 saturated heterocycles. The fourth-order valence-electron chi connectivity index (χ4n) is 2.93. The lowest BCUT2D eigenvalue weighted by Gasteiger charge is -2.34. The highest BCUT2D eigenvalue weighted by Gasteiger charge is 2.27. The number of carbonyl (C=O) groups is 2. The van der Waals surface area contributed by atoms with Gasteiger partial charge < -0.3 is 21.1 Å². The number of primary amides is 1. The van der Waals surface area contributed by atoms with Gasteiger partial charge in [-0.15, -0.1) is 0 Å². The van der Waals surface area contributed by atoms with Crippen LogP contribution in [0.2, 0.25) is 0 Å². The van der Waals surface area contributed by atoms with Crippen LogP contribution in [0.15, 0.2) is 0 Å². The van der Waals surface area contributed by atoms with Crippen LogP contribution in [0.5, 0.6) is 0 Å². The zero-order chi connectivity index (χ0) is 16.8. The van der Waals surface area contributed by atoms with E-state index < -0.39 is 5.60 Å². The Morgan fingerprint density at radius 2 is 1.91 bits per heavy atom. The maximum Gasteiger partial charge on any atom is 0.407 e. The van der Waals surface area contributed by atoms with Gasteiger partial charge in [-0.25, -0.2) is 4.79 Å². The van der Waals surface area contributed by atoms with Gasteiger partial charge in [-0.2, -0.15) is 0 Å². The molecule has 1 aliphatic carbocycles. The number of nitrogens with one attached hydrogen (secondary N) is 2. The van der Waals surface area contributed by atoms with Gasteiger partial charge in [0.2, 0.25) is 5.91 Å². The minimum Gasteiger partial charge on any atom is -0.444 e. The molecule has 3 unspecified atom stereocenters. The first-order chi connectivity index (χ1) is 10.2. The van der Waals surface area contributed by atoms with Crippen LogP contribution in [0, 0.1) is 5.92 Å². The molecule has 0 heterocycles. The molecule has 1 saturated carbocycles. The first-order valence-corrected chi connectivity index (χ1v) is 8.18. The summed E-state index contributed by atoms with van der Waals surface area (Å²) in [4.78, 5) is 22.8. The molecule has 6 nitrogen and oxygen atoms in total. The van der Waals surface area contributed by atoms with Gasteiger partial charge in [-0.1, -0.05) is 12.8 Å². The third-order valence-electron chi connectivity index (χ3n) is 3.82. The highest BCUT2D eigenvalue weighted by Crippen LogP contribution is 2.24. The van der Waals surface area contributed by atoms with Gasteiger partial charge in [0.25, 0.3) is 0 Å². The van der Waals surface area contributed by atoms with Crippen LogP contribution >= 0.6 is 0 Å². The van der Waals surface area contributed by atoms with Crippen molar-refractivity contribution in [2.24, 2.45) is 11.7 Å². The van der Waals surface area contributed by atoms with E-state index in [0.29, 0.717) is 24.9 Å². The van der Waals surface area contributed by atoms with Crippen LogP contribution in [0.1, 0.15) is 59.8 Å². The standard InChI is InChI=1S/C16H31N3O3/c1-11(9-14(17)20)19-13-8-6-5-7-12(13)10-18-15(21)22-16(2,3)4/h11-13,19H,5-10H2,1-4H3,(H2,17,20)(H,18,21). The molecule has 0 aromatic carbocycles. The van der Waals surface area contributed by atoms with E-state index in [9.17, 15) is 9.59 Å². The number of rotatable bonds is 6. The summed E-state index contributed by atoms with van der Waals surface area (Å²) < 4.78 is 5.27. The van der Waals surface area contributed by atoms with Crippen LogP contribution < -0.4 is 16.4 Å². The quantitative estimate of drug-likeness (QED) is 0.698. The van der Waals surface area contributed by atoms with Crippen LogP contribution in [0.3, 0.4) is 0 Å². The lowest BCUT2D eigenvalue weighted by molar-refractivity contribution is -0.118. The molecule has 0 aromatic heterocycles. The molecular weight excluding hydrogens is 282 g/mol. The summed E-state index contributed by atoms with van der Waals surface area (Å²) in [5, 5.41) is 6.34. The molecule has 1 rings (SSSR count). The minimum atomic E-state index is -0.482. The van der Waals surface area contributed by atoms with Crippen molar-refractivity contribution in [1.29, 1.82) is 0 Å². The maximum atomic E-state index is 11.8. The van der Waals surface area contributed by atoms with E-state index in [-0.39, 0.29) is 18.0 Å². The van der Waals surface area contributed by atoms with E-state index in [4.69, 9.17) is 10.5 Å². The average Bonchev–Trinajstić information content (AvgIpc) is 2.34. The predicted molar refractivity (Wildman–Crippen MR) is 86.4 cm³/mol. The van der Waals surface area contributed by atoms with Crippen molar-refractivity contribution < 1.29 is 14.3 Å². The molecule has 6 heteroatoms. The van der Waals surface area contributed by atoms with E-state index >= 15 is 0 Å². The molecule has 22 heavy (non-hydrogen) atoms. The summed E-state index contributed by atoms with van der Waals surface area (Å²) in [6.07, 6.45) is 4.43. The van der Waals surface area contributed by atoms with Crippen LogP contribution in [-0.4, -0.2) is 36.2 Å². The topological polar surface area (TPSA) is 93.5 Å². The number of nitrogens with two attached hydrogens (primary N) is 1. The monoisotopic (exact) mass is 313 g/mol. The molecule has 0 radical (unpaired) electrons. The molecule has 2 amide bonds. The van der Waals surface area contributed by atoms with Crippen molar-refractivity contribution in [3.8, 4) is 0 Å². The first-order valence-electron chi connectivity index (χ1n) is 8.18. The Hall–Kier alpha value is -1.30. The van der Waals surface area contributed by atoms with Gasteiger partial charge in [0.1, 0.15) is 5.60 Å². The summed E-state index contributed by atoms with van der Waals surface area (Å²) in [5.41, 5.74) is 4.76. The van der Waals surface area contributed by atoms with Crippen molar-refractivity contribution in [2.75, 3.05) is 6.54 Å². The zero-order valence-electron chi connectivity index (χ0n) is 14.3. The normalized spacial score (nSPS) is 23.6. The number of amides is 2. The first kappa shape index (κ1) is 18.7. The van der Waals surface area contributed by atoms with E-state index in [0.717, 1.165) is 12.8 Å². The van der Waals surface area contributed by atoms with Gasteiger partial charge in [-0.05, 0) is 46.5 Å². The Bertz CT molecular complexity index is 379. The fraction of sp³-hybridized carbons (Fsp3) is 0.875. The second-order valence-electron chi connectivity index (χ2n) is 7.27. The van der Waals surface area contributed by atoms with Crippen LogP contribution in [0.4, 0.5) is 4.79 Å². The average molecular weight is 313 g/mol. The van der Waals surface area contributed by atoms with E-state index in [1.54, 1.807) is 0 Å². The molecule has 1 fully saturated rings. The predicted octanol–water partition coefficient (Wildman–Crippen LogP) is 1.92. The second-order valence-corrected chi connectivity index (χ2v) is 7.27. The summed E-state index contributed by atoms with van der Waals surface area (Å²) in [6, 6.07) is 0.364. The van der Waals surface area contributed by atoms with E-state index in [1.165, 1.54) is 12.8 Å². The van der Waals surface area contributed by atoms with Gasteiger partial charge in [0.15, 0.2) is 0 Å². The Morgan fingerprint density at radius 1 is 1.27 bits per heavy atom. The molecule has 3 atom stereocenters. The Kier molecular flexibility index (Phi) is 7.13. The van der Waals surface area contributed by atoms with Crippen molar-refractivity contribution in [3.63, 3.8) is 0 Å². The molecule has 4 N–H and O–H groups in total. The Labute approximate surface area is 133 Å². The smallest absolute Gasteiger partial charge is 0.407 e. The van der Waals surface area contributed by atoms with Crippen molar-refractivity contribution in [2.45, 2.75) is 77.5 Å². The number of hydrogen-bond donors (Lipinski definition) is 3. The van der Waals surface area contributed by atoms with Crippen LogP contribution in [-0.2, 0) is 9.53 Å². The van der Waals surface area contributed by atoms with Gasteiger partial charge in [0.05, 0.1) is 0 Å². The molecule has 0 aliphatic heterocycles. The third-order valence-corrected chi connectivity index (χ3v) is 3.82. The molecule has 128 valence electrons. The zero-order valence-corrected chi connectivity index (χ0v) is 14.3. The highest BCUT2D eigenvalue weighted by atomic mass is 16.6. The minimum absolute atomic E-state index is 0.0598. The van der Waals surface area contributed by atoms with Crippen LogP contribution in [0.25, 0.3) is 0 Å². The van der Waals surface area contributed by atoms with Gasteiger partial charge in [-0.3, -0.25) is 4.79 Å². The molecule has 0 spiro atoms. The Balaban J connectivity index is 2.44. The lowest BCUT2D eigenvalue weighted by Crippen LogP contribution is -2.48. The number of hydrogen-bond acceptors (Lipinski definition) is 4. The third kappa shape index (κ3) is 7.64. The largest absolute Gasteiger partial charge is 0.444 e. The number of alkyl carbamates (subject to hydrolysis) is 1. The molecule has 0 aromatic rings. The summed E-state index contributed by atoms with van der Waals surface area (Å²) in [6.45, 7) is 8.11. The SMILES string of the molecule is CC(CC(N)=O)NC1CCCCC1CNC(=O)OC(C)(C)C.